The summed E-state index contributed by atoms with van der Waals surface area (Å²) in [6.07, 6.45) is 2.09. The van der Waals surface area contributed by atoms with Crippen LogP contribution in [-0.4, -0.2) is 33.7 Å². The molecule has 0 atom stereocenters. The molecule has 0 saturated carbocycles. The van der Waals surface area contributed by atoms with E-state index in [1.807, 2.05) is 0 Å². The van der Waals surface area contributed by atoms with Crippen LogP contribution < -0.4 is 0 Å². The number of esters is 1. The summed E-state index contributed by atoms with van der Waals surface area (Å²) in [5, 5.41) is 20.2. The number of hydrogen-bond acceptors (Lipinski definition) is 5. The van der Waals surface area contributed by atoms with Gasteiger partial charge in [-0.05, 0) is 60.7 Å². The number of fused-ring (bicyclic) bond motifs is 1. The molecule has 1 aromatic heterocycles. The molecule has 0 aliphatic rings. The van der Waals surface area contributed by atoms with Crippen molar-refractivity contribution < 1.29 is 28.9 Å². The van der Waals surface area contributed by atoms with Crippen molar-refractivity contribution in [2.24, 2.45) is 0 Å². The molecule has 2 N–H and O–H groups in total. The average Bonchev–Trinajstić information content (AvgIpc) is 2.69. The van der Waals surface area contributed by atoms with Crippen molar-refractivity contribution in [3.8, 4) is 5.75 Å². The van der Waals surface area contributed by atoms with Crippen LogP contribution in [0.5, 0.6) is 5.75 Å². The van der Waals surface area contributed by atoms with E-state index in [-0.39, 0.29) is 42.1 Å². The number of halogens is 1. The average molecular weight is 397 g/mol. The lowest BCUT2D eigenvalue weighted by Crippen LogP contribution is -2.08. The Balaban J connectivity index is 2.07. The highest BCUT2D eigenvalue weighted by atomic mass is 19.1. The number of carboxylic acids is 1. The smallest absolute Gasteiger partial charge is 0.341 e. The first-order valence-corrected chi connectivity index (χ1v) is 9.16. The topological polar surface area (TPSA) is 96.7 Å². The molecular formula is C22H20FNO5. The number of ether oxygens (including phenoxy) is 1. The van der Waals surface area contributed by atoms with Crippen LogP contribution in [0, 0.1) is 5.82 Å². The first-order chi connectivity index (χ1) is 13.9. The number of rotatable bonds is 7. The lowest BCUT2D eigenvalue weighted by molar-refractivity contribution is -0.136. The summed E-state index contributed by atoms with van der Waals surface area (Å²) in [5.41, 5.74) is 2.44. The maximum absolute atomic E-state index is 13.1. The van der Waals surface area contributed by atoms with Gasteiger partial charge in [-0.3, -0.25) is 9.78 Å². The van der Waals surface area contributed by atoms with E-state index in [0.29, 0.717) is 17.4 Å². The lowest BCUT2D eigenvalue weighted by Gasteiger charge is -2.13. The maximum atomic E-state index is 13.1. The largest absolute Gasteiger partial charge is 0.505 e. The molecule has 150 valence electrons. The van der Waals surface area contributed by atoms with Crippen LogP contribution in [0.1, 0.15) is 40.4 Å². The molecule has 1 heterocycles. The SMILES string of the molecule is CCOC(=O)c1cc(CCC(=O)O)c2cc(Cc3ccc(F)cc3)cnc2c1O. The molecule has 0 amide bonds. The Hall–Kier alpha value is -3.48. The Kier molecular flexibility index (Phi) is 6.07. The van der Waals surface area contributed by atoms with Crippen molar-refractivity contribution in [3.05, 3.63) is 70.7 Å². The number of phenols is 1. The third-order valence-corrected chi connectivity index (χ3v) is 4.51. The molecule has 0 unspecified atom stereocenters. The van der Waals surface area contributed by atoms with Gasteiger partial charge in [-0.25, -0.2) is 9.18 Å². The zero-order valence-corrected chi connectivity index (χ0v) is 15.8. The first kappa shape index (κ1) is 20.3. The number of carbonyl (C=O) groups excluding carboxylic acids is 1. The van der Waals surface area contributed by atoms with Crippen molar-refractivity contribution in [2.45, 2.75) is 26.2 Å². The van der Waals surface area contributed by atoms with Gasteiger partial charge >= 0.3 is 11.9 Å². The standard InChI is InChI=1S/C22H20FNO5/c1-2-29-22(28)18-11-15(5-8-19(25)26)17-10-14(12-24-20(17)21(18)27)9-13-3-6-16(23)7-4-13/h3-4,6-7,10-12,27H,2,5,8-9H2,1H3,(H,25,26). The van der Waals surface area contributed by atoms with Gasteiger partial charge in [-0.15, -0.1) is 0 Å². The van der Waals surface area contributed by atoms with Crippen molar-refractivity contribution in [2.75, 3.05) is 6.61 Å². The van der Waals surface area contributed by atoms with Gasteiger partial charge in [0.1, 0.15) is 16.9 Å². The molecule has 0 bridgehead atoms. The molecule has 7 heteroatoms. The Bertz CT molecular complexity index is 1060. The summed E-state index contributed by atoms with van der Waals surface area (Å²) in [6.45, 7) is 1.80. The van der Waals surface area contributed by atoms with Crippen LogP contribution in [0.3, 0.4) is 0 Å². The molecule has 0 saturated heterocycles. The lowest BCUT2D eigenvalue weighted by atomic mass is 9.97. The second-order valence-electron chi connectivity index (χ2n) is 6.59. The van der Waals surface area contributed by atoms with E-state index in [1.165, 1.54) is 18.2 Å². The number of aromatic nitrogens is 1. The van der Waals surface area contributed by atoms with Gasteiger partial charge in [0.2, 0.25) is 0 Å². The molecule has 3 aromatic rings. The van der Waals surface area contributed by atoms with Gasteiger partial charge in [0.15, 0.2) is 5.75 Å². The first-order valence-electron chi connectivity index (χ1n) is 9.16. The van der Waals surface area contributed by atoms with E-state index in [1.54, 1.807) is 31.3 Å². The number of nitrogens with zero attached hydrogens (tertiary/aromatic N) is 1. The van der Waals surface area contributed by atoms with Crippen molar-refractivity contribution in [1.82, 2.24) is 4.98 Å². The molecule has 3 rings (SSSR count). The molecule has 6 nitrogen and oxygen atoms in total. The van der Waals surface area contributed by atoms with E-state index >= 15 is 0 Å². The summed E-state index contributed by atoms with van der Waals surface area (Å²) < 4.78 is 18.1. The fourth-order valence-electron chi connectivity index (χ4n) is 3.14. The quantitative estimate of drug-likeness (QED) is 0.588. The van der Waals surface area contributed by atoms with Gasteiger partial charge in [0, 0.05) is 18.0 Å². The molecule has 0 aliphatic heterocycles. The normalized spacial score (nSPS) is 10.8. The number of phenolic OH excluding ortho intramolecular Hbond substituents is 1. The van der Waals surface area contributed by atoms with Gasteiger partial charge < -0.3 is 14.9 Å². The predicted molar refractivity (Wildman–Crippen MR) is 105 cm³/mol. The molecule has 0 aliphatic carbocycles. The monoisotopic (exact) mass is 397 g/mol. The van der Waals surface area contributed by atoms with Crippen LogP contribution in [0.25, 0.3) is 10.9 Å². The third-order valence-electron chi connectivity index (χ3n) is 4.51. The van der Waals surface area contributed by atoms with Gasteiger partial charge in [-0.2, -0.15) is 0 Å². The number of aryl methyl sites for hydroxylation is 1. The zero-order chi connectivity index (χ0) is 21.0. The molecular weight excluding hydrogens is 377 g/mol. The second-order valence-corrected chi connectivity index (χ2v) is 6.59. The van der Waals surface area contributed by atoms with E-state index < -0.39 is 11.9 Å². The summed E-state index contributed by atoms with van der Waals surface area (Å²) in [7, 11) is 0. The Morgan fingerprint density at radius 3 is 2.52 bits per heavy atom. The van der Waals surface area contributed by atoms with Crippen LogP contribution in [0.2, 0.25) is 0 Å². The molecule has 0 spiro atoms. The van der Waals surface area contributed by atoms with Gasteiger partial charge in [0.25, 0.3) is 0 Å². The molecule has 0 fully saturated rings. The summed E-state index contributed by atoms with van der Waals surface area (Å²) >= 11 is 0. The zero-order valence-electron chi connectivity index (χ0n) is 15.8. The van der Waals surface area contributed by atoms with Crippen molar-refractivity contribution in [3.63, 3.8) is 0 Å². The van der Waals surface area contributed by atoms with Gasteiger partial charge in [-0.1, -0.05) is 12.1 Å². The van der Waals surface area contributed by atoms with E-state index in [0.717, 1.165) is 11.1 Å². The molecule has 2 aromatic carbocycles. The van der Waals surface area contributed by atoms with Crippen LogP contribution in [0.15, 0.2) is 42.6 Å². The summed E-state index contributed by atoms with van der Waals surface area (Å²) in [4.78, 5) is 27.5. The fourth-order valence-corrected chi connectivity index (χ4v) is 3.14. The van der Waals surface area contributed by atoms with Crippen LogP contribution in [0.4, 0.5) is 4.39 Å². The van der Waals surface area contributed by atoms with Crippen molar-refractivity contribution >= 4 is 22.8 Å². The maximum Gasteiger partial charge on any atom is 0.341 e. The van der Waals surface area contributed by atoms with Gasteiger partial charge in [0.05, 0.1) is 6.61 Å². The third kappa shape index (κ3) is 4.68. The Morgan fingerprint density at radius 1 is 1.14 bits per heavy atom. The second kappa shape index (κ2) is 8.68. The minimum absolute atomic E-state index is 0.0430. The van der Waals surface area contributed by atoms with Crippen LogP contribution >= 0.6 is 0 Å². The highest BCUT2D eigenvalue weighted by Crippen LogP contribution is 2.32. The number of aromatic hydroxyl groups is 1. The van der Waals surface area contributed by atoms with E-state index in [9.17, 15) is 19.1 Å². The summed E-state index contributed by atoms with van der Waals surface area (Å²) in [5.74, 6) is -2.29. The highest BCUT2D eigenvalue weighted by Gasteiger charge is 2.20. The van der Waals surface area contributed by atoms with E-state index in [2.05, 4.69) is 4.98 Å². The van der Waals surface area contributed by atoms with Crippen molar-refractivity contribution in [1.29, 1.82) is 0 Å². The summed E-state index contributed by atoms with van der Waals surface area (Å²) in [6, 6.07) is 9.36. The number of aliphatic carboxylic acids is 1. The number of carboxylic acid groups (broad SMARTS) is 1. The number of pyridine rings is 1. The van der Waals surface area contributed by atoms with E-state index in [4.69, 9.17) is 9.84 Å². The predicted octanol–water partition coefficient (Wildman–Crippen LogP) is 3.86. The molecule has 0 radical (unpaired) electrons. The minimum Gasteiger partial charge on any atom is -0.505 e. The number of benzene rings is 2. The molecule has 29 heavy (non-hydrogen) atoms. The Morgan fingerprint density at radius 2 is 1.86 bits per heavy atom. The van der Waals surface area contributed by atoms with Crippen LogP contribution in [-0.2, 0) is 22.4 Å². The highest BCUT2D eigenvalue weighted by molar-refractivity contribution is 6.01. The minimum atomic E-state index is -0.973. The Labute approximate surface area is 166 Å². The fraction of sp³-hybridized carbons (Fsp3) is 0.227. The number of carbonyl (C=O) groups is 2. The number of hydrogen-bond donors (Lipinski definition) is 2.